The molecule has 2 N–H and O–H groups in total. The summed E-state index contributed by atoms with van der Waals surface area (Å²) >= 11 is 1.19. The number of carbonyl (C=O) groups is 1. The minimum Gasteiger partial charge on any atom is -0.334 e. The van der Waals surface area contributed by atoms with Gasteiger partial charge in [0.2, 0.25) is 5.84 Å². The minimum atomic E-state index is -4.55. The number of halogens is 3. The van der Waals surface area contributed by atoms with Gasteiger partial charge in [-0.3, -0.25) is 4.90 Å². The quantitative estimate of drug-likeness (QED) is 0.765. The van der Waals surface area contributed by atoms with Crippen LogP contribution < -0.4 is 10.6 Å². The fourth-order valence-corrected chi connectivity index (χ4v) is 2.78. The van der Waals surface area contributed by atoms with Gasteiger partial charge in [-0.1, -0.05) is 19.8 Å². The molecule has 2 aliphatic rings. The molecule has 0 saturated heterocycles. The number of fused-ring (bicyclic) bond motifs is 1. The van der Waals surface area contributed by atoms with Gasteiger partial charge in [0.15, 0.2) is 6.17 Å². The number of hydrogen-bond acceptors (Lipinski definition) is 4. The smallest absolute Gasteiger partial charge is 0.334 e. The van der Waals surface area contributed by atoms with Gasteiger partial charge in [-0.25, -0.2) is 9.79 Å². The molecule has 2 aliphatic heterocycles. The van der Waals surface area contributed by atoms with Crippen molar-refractivity contribution in [1.82, 2.24) is 15.5 Å². The molecule has 0 fully saturated rings. The van der Waals surface area contributed by atoms with E-state index < -0.39 is 24.2 Å². The fourth-order valence-electron chi connectivity index (χ4n) is 2.22. The molecule has 1 atom stereocenters. The van der Waals surface area contributed by atoms with Gasteiger partial charge in [0, 0.05) is 6.54 Å². The van der Waals surface area contributed by atoms with Crippen LogP contribution in [0.2, 0.25) is 0 Å². The maximum absolute atomic E-state index is 12.8. The van der Waals surface area contributed by atoms with Crippen molar-refractivity contribution in [3.05, 3.63) is 10.7 Å². The van der Waals surface area contributed by atoms with Crippen molar-refractivity contribution in [2.24, 2.45) is 4.99 Å². The molecule has 0 aromatic carbocycles. The van der Waals surface area contributed by atoms with Gasteiger partial charge < -0.3 is 10.6 Å². The molecule has 0 aromatic rings. The molecule has 0 radical (unpaired) electrons. The number of urea groups is 1. The molecule has 0 saturated carbocycles. The van der Waals surface area contributed by atoms with E-state index in [9.17, 15) is 18.0 Å². The van der Waals surface area contributed by atoms with Gasteiger partial charge in [-0.05, 0) is 12.7 Å². The van der Waals surface area contributed by atoms with Crippen LogP contribution in [0.3, 0.4) is 0 Å². The number of amidine groups is 1. The topological polar surface area (TPSA) is 56.7 Å². The molecule has 9 heteroatoms. The van der Waals surface area contributed by atoms with Crippen molar-refractivity contribution in [3.63, 3.8) is 0 Å². The molecule has 118 valence electrons. The number of nitrogens with zero attached hydrogens (tertiary/aromatic N) is 2. The first-order valence-corrected chi connectivity index (χ1v) is 7.88. The summed E-state index contributed by atoms with van der Waals surface area (Å²) in [4.78, 5) is 17.1. The number of carbonyl (C=O) groups excluding carboxylic acids is 1. The second kappa shape index (κ2) is 6.17. The first-order chi connectivity index (χ1) is 9.88. The largest absolute Gasteiger partial charge is 0.449 e. The average Bonchev–Trinajstić information content (AvgIpc) is 2.85. The fraction of sp³-hybridized carbons (Fsp3) is 0.667. The highest BCUT2D eigenvalue weighted by atomic mass is 32.2. The summed E-state index contributed by atoms with van der Waals surface area (Å²) in [7, 11) is 0. The Bertz CT molecular complexity index is 489. The molecule has 1 unspecified atom stereocenters. The molecule has 0 aliphatic carbocycles. The lowest BCUT2D eigenvalue weighted by Gasteiger charge is -2.33. The Labute approximate surface area is 125 Å². The lowest BCUT2D eigenvalue weighted by molar-refractivity contribution is -0.0609. The van der Waals surface area contributed by atoms with Gasteiger partial charge in [0.1, 0.15) is 0 Å². The van der Waals surface area contributed by atoms with Crippen LogP contribution in [0.15, 0.2) is 15.7 Å². The second-order valence-electron chi connectivity index (χ2n) is 4.75. The predicted molar refractivity (Wildman–Crippen MR) is 75.7 cm³/mol. The number of unbranched alkanes of at least 4 members (excludes halogenated alkanes) is 2. The number of nitrogens with one attached hydrogen (secondary N) is 2. The lowest BCUT2D eigenvalue weighted by Crippen LogP contribution is -2.51. The normalized spacial score (nSPS) is 22.0. The Morgan fingerprint density at radius 3 is 2.62 bits per heavy atom. The Kier molecular flexibility index (Phi) is 4.70. The van der Waals surface area contributed by atoms with E-state index in [4.69, 9.17) is 0 Å². The van der Waals surface area contributed by atoms with E-state index in [0.717, 1.165) is 19.3 Å². The standard InChI is InChI=1S/C12H17F3N4OS/c1-3-4-5-6-19-8-7(9(21-2)18-11(19)20)16-10(17-8)12(13,14)15/h8H,3-6H2,1-2H3,(H,16,17)(H,18,20). The molecule has 21 heavy (non-hydrogen) atoms. The van der Waals surface area contributed by atoms with E-state index >= 15 is 0 Å². The number of amides is 2. The van der Waals surface area contributed by atoms with Crippen LogP contribution in [-0.4, -0.2) is 41.9 Å². The average molecular weight is 322 g/mol. The van der Waals surface area contributed by atoms with Crippen molar-refractivity contribution in [3.8, 4) is 0 Å². The SMILES string of the molecule is CCCCCN1C(=O)NC(SC)=C2NC(C(F)(F)F)=NC21. The summed E-state index contributed by atoms with van der Waals surface area (Å²) in [5.41, 5.74) is 0.297. The third kappa shape index (κ3) is 3.28. The zero-order valence-corrected chi connectivity index (χ0v) is 12.6. The van der Waals surface area contributed by atoms with E-state index in [1.165, 1.54) is 16.7 Å². The van der Waals surface area contributed by atoms with Crippen LogP contribution >= 0.6 is 11.8 Å². The summed E-state index contributed by atoms with van der Waals surface area (Å²) in [6.45, 7) is 2.40. The minimum absolute atomic E-state index is 0.297. The third-order valence-corrected chi connectivity index (χ3v) is 3.99. The van der Waals surface area contributed by atoms with Gasteiger partial charge in [-0.2, -0.15) is 13.2 Å². The van der Waals surface area contributed by atoms with E-state index in [0.29, 0.717) is 17.3 Å². The Hall–Kier alpha value is -1.38. The van der Waals surface area contributed by atoms with Crippen molar-refractivity contribution < 1.29 is 18.0 Å². The van der Waals surface area contributed by atoms with Crippen LogP contribution in [0.5, 0.6) is 0 Å². The first kappa shape index (κ1) is 16.0. The number of rotatable bonds is 5. The molecule has 0 bridgehead atoms. The molecule has 0 spiro atoms. The van der Waals surface area contributed by atoms with E-state index in [1.807, 2.05) is 6.92 Å². The van der Waals surface area contributed by atoms with Gasteiger partial charge in [-0.15, -0.1) is 11.8 Å². The van der Waals surface area contributed by atoms with Gasteiger partial charge in [0.05, 0.1) is 10.7 Å². The number of hydrogen-bond donors (Lipinski definition) is 2. The molecule has 5 nitrogen and oxygen atoms in total. The lowest BCUT2D eigenvalue weighted by atomic mass is 10.2. The Balaban J connectivity index is 2.26. The Morgan fingerprint density at radius 2 is 2.05 bits per heavy atom. The second-order valence-corrected chi connectivity index (χ2v) is 5.57. The zero-order chi connectivity index (χ0) is 15.6. The molecule has 2 heterocycles. The highest BCUT2D eigenvalue weighted by Gasteiger charge is 2.46. The van der Waals surface area contributed by atoms with Crippen LogP contribution in [0, 0.1) is 0 Å². The van der Waals surface area contributed by atoms with E-state index in [1.54, 1.807) is 6.26 Å². The van der Waals surface area contributed by atoms with Crippen LogP contribution in [-0.2, 0) is 0 Å². The highest BCUT2D eigenvalue weighted by Crippen LogP contribution is 2.31. The van der Waals surface area contributed by atoms with Crippen molar-refractivity contribution >= 4 is 23.6 Å². The predicted octanol–water partition coefficient (Wildman–Crippen LogP) is 2.62. The summed E-state index contributed by atoms with van der Waals surface area (Å²) in [5, 5.41) is 5.30. The molecule has 2 rings (SSSR count). The van der Waals surface area contributed by atoms with Crippen molar-refractivity contribution in [1.29, 1.82) is 0 Å². The molecular weight excluding hydrogens is 305 g/mol. The van der Waals surface area contributed by atoms with Crippen LogP contribution in [0.4, 0.5) is 18.0 Å². The highest BCUT2D eigenvalue weighted by molar-refractivity contribution is 8.02. The van der Waals surface area contributed by atoms with Crippen LogP contribution in [0.1, 0.15) is 26.2 Å². The Morgan fingerprint density at radius 1 is 1.33 bits per heavy atom. The van der Waals surface area contributed by atoms with Crippen molar-refractivity contribution in [2.45, 2.75) is 38.5 Å². The van der Waals surface area contributed by atoms with Crippen LogP contribution in [0.25, 0.3) is 0 Å². The summed E-state index contributed by atoms with van der Waals surface area (Å²) in [6.07, 6.45) is -1.15. The zero-order valence-electron chi connectivity index (χ0n) is 11.8. The van der Waals surface area contributed by atoms with Gasteiger partial charge >= 0.3 is 12.2 Å². The first-order valence-electron chi connectivity index (χ1n) is 6.66. The summed E-state index contributed by atoms with van der Waals surface area (Å²) in [6, 6.07) is -0.404. The third-order valence-electron chi connectivity index (χ3n) is 3.26. The number of alkyl halides is 3. The molecule has 2 amide bonds. The molecular formula is C12H17F3N4OS. The number of aliphatic imine (C=N–C) groups is 1. The summed E-state index contributed by atoms with van der Waals surface area (Å²) in [5.74, 6) is -1.05. The van der Waals surface area contributed by atoms with Crippen molar-refractivity contribution in [2.75, 3.05) is 12.8 Å². The maximum Gasteiger partial charge on any atom is 0.449 e. The van der Waals surface area contributed by atoms with E-state index in [-0.39, 0.29) is 0 Å². The number of thioether (sulfide) groups is 1. The van der Waals surface area contributed by atoms with Gasteiger partial charge in [0.25, 0.3) is 0 Å². The molecule has 0 aromatic heterocycles. The summed E-state index contributed by atoms with van der Waals surface area (Å²) < 4.78 is 38.4. The monoisotopic (exact) mass is 322 g/mol. The maximum atomic E-state index is 12.8. The van der Waals surface area contributed by atoms with E-state index in [2.05, 4.69) is 15.6 Å².